The van der Waals surface area contributed by atoms with Gasteiger partial charge in [0, 0.05) is 6.44 Å². The van der Waals surface area contributed by atoms with Gasteiger partial charge in [-0.2, -0.15) is 5.48 Å². The van der Waals surface area contributed by atoms with Gasteiger partial charge in [0.25, 0.3) is 0 Å². The number of hydroxylamine groups is 1. The average molecular weight is 222 g/mol. The quantitative estimate of drug-likeness (QED) is 0.435. The van der Waals surface area contributed by atoms with Gasteiger partial charge in [-0.05, 0) is 17.7 Å². The normalized spacial score (nSPS) is 12.2. The minimum absolute atomic E-state index is 0.435. The number of nitrogens with one attached hydrogen (secondary N) is 1. The van der Waals surface area contributed by atoms with Crippen molar-refractivity contribution in [2.75, 3.05) is 6.44 Å². The van der Waals surface area contributed by atoms with Gasteiger partial charge < -0.3 is 4.84 Å². The second kappa shape index (κ2) is 7.28. The molecule has 0 bridgehead atoms. The van der Waals surface area contributed by atoms with Crippen LogP contribution >= 0.6 is 0 Å². The number of hydrogen-bond donors (Lipinski definition) is 1. The molecular weight excluding hydrogens is 204 g/mol. The molecule has 2 nitrogen and oxygen atoms in total. The van der Waals surface area contributed by atoms with E-state index in [0.717, 1.165) is 6.42 Å². The van der Waals surface area contributed by atoms with Crippen molar-refractivity contribution >= 4 is 7.28 Å². The smallest absolute Gasteiger partial charge is 0.147 e. The molecule has 1 N–H and O–H groups in total. The fourth-order valence-corrected chi connectivity index (χ4v) is 1.19. The van der Waals surface area contributed by atoms with Crippen LogP contribution in [0.5, 0.6) is 5.75 Å². The van der Waals surface area contributed by atoms with Crippen LogP contribution in [0.25, 0.3) is 0 Å². The molecule has 1 aromatic rings. The molecule has 0 saturated carbocycles. The van der Waals surface area contributed by atoms with Crippen LogP contribution in [0.15, 0.2) is 24.3 Å². The van der Waals surface area contributed by atoms with E-state index in [0.29, 0.717) is 23.6 Å². The molecule has 1 radical (unpaired) electrons. The highest BCUT2D eigenvalue weighted by Crippen LogP contribution is 2.11. The van der Waals surface area contributed by atoms with Crippen molar-refractivity contribution in [2.45, 2.75) is 32.8 Å². The minimum Gasteiger partial charge on any atom is -0.409 e. The first-order valence-electron chi connectivity index (χ1n) is 5.64. The Hall–Kier alpha value is -1.03. The topological polar surface area (TPSA) is 21.3 Å². The largest absolute Gasteiger partial charge is 0.409 e. The molecule has 87 valence electrons. The molecule has 16 heavy (non-hydrogen) atoms. The average Bonchev–Trinajstić information content (AvgIpc) is 2.35. The molecule has 4 heteroatoms. The van der Waals surface area contributed by atoms with Gasteiger partial charge in [0.2, 0.25) is 0 Å². The summed E-state index contributed by atoms with van der Waals surface area (Å²) in [5, 5.41) is 0. The predicted molar refractivity (Wildman–Crippen MR) is 65.4 cm³/mol. The summed E-state index contributed by atoms with van der Waals surface area (Å²) < 4.78 is 12.2. The summed E-state index contributed by atoms with van der Waals surface area (Å²) in [4.78, 5) is 5.30. The molecule has 0 amide bonds. The van der Waals surface area contributed by atoms with E-state index in [9.17, 15) is 4.39 Å². The van der Waals surface area contributed by atoms with Crippen molar-refractivity contribution in [1.29, 1.82) is 0 Å². The van der Waals surface area contributed by atoms with Gasteiger partial charge in [-0.3, -0.25) is 0 Å². The van der Waals surface area contributed by atoms with Crippen LogP contribution in [0, 0.1) is 0 Å². The van der Waals surface area contributed by atoms with Crippen molar-refractivity contribution in [3.05, 3.63) is 29.8 Å². The SMILES string of the molecule is CCC(C)[B]CNOc1ccc(CF)cc1. The molecule has 1 unspecified atom stereocenters. The van der Waals surface area contributed by atoms with Crippen LogP contribution < -0.4 is 10.3 Å². The first-order chi connectivity index (χ1) is 7.76. The molecule has 0 aliphatic heterocycles. The van der Waals surface area contributed by atoms with Crippen LogP contribution in [0.2, 0.25) is 5.82 Å². The summed E-state index contributed by atoms with van der Waals surface area (Å²) in [6.45, 7) is 3.88. The summed E-state index contributed by atoms with van der Waals surface area (Å²) in [5.74, 6) is 1.29. The van der Waals surface area contributed by atoms with Gasteiger partial charge >= 0.3 is 0 Å². The van der Waals surface area contributed by atoms with Gasteiger partial charge in [0.05, 0.1) is 0 Å². The highest BCUT2D eigenvalue weighted by molar-refractivity contribution is 6.37. The van der Waals surface area contributed by atoms with Crippen molar-refractivity contribution < 1.29 is 9.23 Å². The van der Waals surface area contributed by atoms with Gasteiger partial charge in [-0.1, -0.05) is 38.2 Å². The zero-order chi connectivity index (χ0) is 11.8. The highest BCUT2D eigenvalue weighted by Gasteiger charge is 2.00. The third kappa shape index (κ3) is 4.66. The standard InChI is InChI=1S/C12H18BFNO/c1-3-10(2)13-9-15-16-12-6-4-11(8-14)5-7-12/h4-7,10,15H,3,8-9H2,1-2H3. The van der Waals surface area contributed by atoms with Crippen LogP contribution in [-0.4, -0.2) is 13.7 Å². The van der Waals surface area contributed by atoms with Crippen molar-refractivity contribution in [1.82, 2.24) is 5.48 Å². The zero-order valence-corrected chi connectivity index (χ0v) is 9.87. The van der Waals surface area contributed by atoms with Crippen molar-refractivity contribution in [3.63, 3.8) is 0 Å². The summed E-state index contributed by atoms with van der Waals surface area (Å²) >= 11 is 0. The molecule has 1 rings (SSSR count). The Kier molecular flexibility index (Phi) is 5.94. The van der Waals surface area contributed by atoms with E-state index >= 15 is 0 Å². The molecule has 0 fully saturated rings. The Morgan fingerprint density at radius 3 is 2.62 bits per heavy atom. The minimum atomic E-state index is -0.435. The third-order valence-electron chi connectivity index (χ3n) is 2.52. The summed E-state index contributed by atoms with van der Waals surface area (Å²) in [5.41, 5.74) is 3.52. The second-order valence-electron chi connectivity index (χ2n) is 3.85. The van der Waals surface area contributed by atoms with E-state index in [4.69, 9.17) is 4.84 Å². The van der Waals surface area contributed by atoms with Crippen LogP contribution in [0.3, 0.4) is 0 Å². The lowest BCUT2D eigenvalue weighted by Crippen LogP contribution is -2.25. The van der Waals surface area contributed by atoms with Gasteiger partial charge in [-0.25, -0.2) is 4.39 Å². The maximum Gasteiger partial charge on any atom is 0.147 e. The fourth-order valence-electron chi connectivity index (χ4n) is 1.19. The van der Waals surface area contributed by atoms with E-state index in [1.807, 2.05) is 0 Å². The molecule has 0 aliphatic carbocycles. The Morgan fingerprint density at radius 1 is 1.38 bits per heavy atom. The fraction of sp³-hybridized carbons (Fsp3) is 0.500. The lowest BCUT2D eigenvalue weighted by molar-refractivity contribution is 0.214. The first-order valence-corrected chi connectivity index (χ1v) is 5.64. The monoisotopic (exact) mass is 222 g/mol. The maximum atomic E-state index is 12.2. The van der Waals surface area contributed by atoms with Crippen molar-refractivity contribution in [3.8, 4) is 5.75 Å². The van der Waals surface area contributed by atoms with Gasteiger partial charge in [-0.15, -0.1) is 0 Å². The molecule has 1 atom stereocenters. The van der Waals surface area contributed by atoms with Crippen molar-refractivity contribution in [2.24, 2.45) is 0 Å². The second-order valence-corrected chi connectivity index (χ2v) is 3.85. The van der Waals surface area contributed by atoms with E-state index < -0.39 is 6.67 Å². The van der Waals surface area contributed by atoms with E-state index in [1.54, 1.807) is 24.3 Å². The Bertz CT molecular complexity index is 292. The molecule has 1 aromatic carbocycles. The van der Waals surface area contributed by atoms with E-state index in [-0.39, 0.29) is 0 Å². The number of rotatable bonds is 7. The summed E-state index contributed by atoms with van der Waals surface area (Å²) in [6.07, 6.45) is 1.84. The number of halogens is 1. The molecule has 0 aromatic heterocycles. The number of alkyl halides is 1. The molecular formula is C12H18BFNO. The summed E-state index contributed by atoms with van der Waals surface area (Å²) in [7, 11) is 2.16. The summed E-state index contributed by atoms with van der Waals surface area (Å²) in [6, 6.07) is 6.95. The van der Waals surface area contributed by atoms with E-state index in [2.05, 4.69) is 26.6 Å². The van der Waals surface area contributed by atoms with E-state index in [1.165, 1.54) is 0 Å². The Morgan fingerprint density at radius 2 is 2.06 bits per heavy atom. The Labute approximate surface area is 97.4 Å². The third-order valence-corrected chi connectivity index (χ3v) is 2.52. The highest BCUT2D eigenvalue weighted by atomic mass is 19.1. The first kappa shape index (κ1) is 13.0. The van der Waals surface area contributed by atoms with Gasteiger partial charge in [0.15, 0.2) is 0 Å². The number of benzene rings is 1. The molecule has 0 aliphatic rings. The number of hydrogen-bond acceptors (Lipinski definition) is 2. The Balaban J connectivity index is 2.21. The zero-order valence-electron chi connectivity index (χ0n) is 9.87. The molecule has 0 saturated heterocycles. The van der Waals surface area contributed by atoms with Crippen LogP contribution in [0.1, 0.15) is 25.8 Å². The maximum absolute atomic E-state index is 12.2. The molecule has 0 heterocycles. The molecule has 0 spiro atoms. The van der Waals surface area contributed by atoms with Crippen LogP contribution in [0.4, 0.5) is 4.39 Å². The predicted octanol–water partition coefficient (Wildman–Crippen LogP) is 2.92. The lowest BCUT2D eigenvalue weighted by Gasteiger charge is -2.09. The van der Waals surface area contributed by atoms with Gasteiger partial charge in [0.1, 0.15) is 19.7 Å². The lowest BCUT2D eigenvalue weighted by atomic mass is 9.64. The van der Waals surface area contributed by atoms with Crippen LogP contribution in [-0.2, 0) is 6.67 Å².